The van der Waals surface area contributed by atoms with E-state index in [9.17, 15) is 49.2 Å². The van der Waals surface area contributed by atoms with Crippen LogP contribution in [-0.2, 0) is 9.59 Å². The number of carbonyl (C=O) groups is 6. The highest BCUT2D eigenvalue weighted by atomic mass is 127. The topological polar surface area (TPSA) is 262 Å². The minimum atomic E-state index is -0.562. The van der Waals surface area contributed by atoms with Crippen LogP contribution in [0.15, 0.2) is 230 Å². The third kappa shape index (κ3) is 26.7. The predicted octanol–water partition coefficient (Wildman–Crippen LogP) is 22.5. The minimum Gasteiger partial charge on any atom is -0.507 e. The van der Waals surface area contributed by atoms with Gasteiger partial charge in [0.15, 0.2) is 11.5 Å². The number of thiocarbonyl (C=S) groups is 1. The van der Waals surface area contributed by atoms with Crippen LogP contribution in [0.3, 0.4) is 0 Å². The molecule has 30 heteroatoms. The second-order valence-electron chi connectivity index (χ2n) is 19.6. The van der Waals surface area contributed by atoms with Crippen molar-refractivity contribution in [1.29, 1.82) is 0 Å². The highest BCUT2D eigenvalue weighted by Crippen LogP contribution is 2.36. The van der Waals surface area contributed by atoms with Gasteiger partial charge in [0.05, 0.1) is 34.8 Å². The van der Waals surface area contributed by atoms with Crippen LogP contribution < -0.4 is 36.1 Å². The zero-order valence-electron chi connectivity index (χ0n) is 50.5. The lowest BCUT2D eigenvalue weighted by Crippen LogP contribution is -2.16. The third-order valence-electron chi connectivity index (χ3n) is 12.2. The molecule has 510 valence electrons. The molecule has 0 aliphatic rings. The Balaban J connectivity index is 0.000000196. The molecule has 4 amide bonds. The van der Waals surface area contributed by atoms with Gasteiger partial charge in [0.2, 0.25) is 0 Å². The van der Waals surface area contributed by atoms with Crippen molar-refractivity contribution in [3.63, 3.8) is 0 Å². The second-order valence-corrected chi connectivity index (χ2v) is 30.5. The fraction of sp³-hybridized carbons (Fsp3) is 0.0290. The van der Waals surface area contributed by atoms with Crippen LogP contribution in [0.2, 0.25) is 10.0 Å². The monoisotopic (exact) mass is 2120 g/mol. The first-order chi connectivity index (χ1) is 46.8. The number of aromatic hydroxyl groups is 4. The van der Waals surface area contributed by atoms with E-state index in [-0.39, 0.29) is 63.2 Å². The molecule has 10 rings (SSSR count). The Morgan fingerprint density at radius 2 is 0.778 bits per heavy atom. The van der Waals surface area contributed by atoms with Crippen molar-refractivity contribution in [1.82, 2.24) is 0 Å². The summed E-state index contributed by atoms with van der Waals surface area (Å²) in [6.45, 7) is 2.63. The van der Waals surface area contributed by atoms with Crippen LogP contribution in [0.5, 0.6) is 34.5 Å². The summed E-state index contributed by atoms with van der Waals surface area (Å²) in [4.78, 5) is 71.4. The maximum atomic E-state index is 12.5. The van der Waals surface area contributed by atoms with E-state index in [0.29, 0.717) is 71.6 Å². The number of hydrogen-bond acceptors (Lipinski definition) is 13. The van der Waals surface area contributed by atoms with Gasteiger partial charge in [0.25, 0.3) is 23.6 Å². The molecular formula is C69H47Br8Cl2I2N5O12S. The first kappa shape index (κ1) is 82.0. The summed E-state index contributed by atoms with van der Waals surface area (Å²) in [5.74, 6) is -2.59. The smallest absolute Gasteiger partial charge is 0.308 e. The van der Waals surface area contributed by atoms with Crippen molar-refractivity contribution in [2.45, 2.75) is 13.8 Å². The molecule has 10 aromatic carbocycles. The van der Waals surface area contributed by atoms with Crippen molar-refractivity contribution < 1.29 is 58.7 Å². The zero-order chi connectivity index (χ0) is 72.8. The van der Waals surface area contributed by atoms with E-state index in [1.54, 1.807) is 115 Å². The zero-order valence-corrected chi connectivity index (χ0v) is 69.8. The maximum absolute atomic E-state index is 12.5. The van der Waals surface area contributed by atoms with Crippen LogP contribution in [0, 0.1) is 7.14 Å². The Hall–Kier alpha value is -6.01. The fourth-order valence-corrected chi connectivity index (χ4v) is 13.7. The summed E-state index contributed by atoms with van der Waals surface area (Å²) in [5, 5.41) is 53.6. The lowest BCUT2D eigenvalue weighted by molar-refractivity contribution is -0.132. The highest BCUT2D eigenvalue weighted by Gasteiger charge is 2.22. The molecule has 0 unspecified atom stereocenters. The van der Waals surface area contributed by atoms with Crippen molar-refractivity contribution in [3.8, 4) is 34.5 Å². The average Bonchev–Trinajstić information content (AvgIpc) is 0.845. The number of amides is 4. The molecule has 0 atom stereocenters. The largest absolute Gasteiger partial charge is 0.507 e. The molecule has 0 fully saturated rings. The number of benzene rings is 10. The number of hydrogen-bond donors (Lipinski definition) is 9. The normalized spacial score (nSPS) is 10.2. The van der Waals surface area contributed by atoms with E-state index < -0.39 is 17.8 Å². The number of esters is 2. The first-order valence-corrected chi connectivity index (χ1v) is 37.4. The van der Waals surface area contributed by atoms with E-state index in [0.717, 1.165) is 31.6 Å². The molecule has 99 heavy (non-hydrogen) atoms. The SMILES string of the molecule is CC(=O)Oc1c(Br)cc(Cl)cc1C(=S)Nc1ccc(Br)cc1.CC(=O)Oc1c(I)cc(I)cc1C(=O)Nc1ccc(Cl)cc1.O=C(Nc1ccc(Br)cc1)c1c(O)cccc1O.O=C(Nc1ccc(Br)cc1)c1cc(Br)cc(Br)c1O.O=C(Nc1ccc(Br)cc1)c1cc(Br)ccc1O. The molecule has 17 nitrogen and oxygen atoms in total. The van der Waals surface area contributed by atoms with Gasteiger partial charge in [-0.25, -0.2) is 0 Å². The maximum Gasteiger partial charge on any atom is 0.308 e. The van der Waals surface area contributed by atoms with E-state index in [4.69, 9.17) is 44.9 Å². The lowest BCUT2D eigenvalue weighted by atomic mass is 10.1. The molecule has 0 bridgehead atoms. The Morgan fingerprint density at radius 1 is 0.384 bits per heavy atom. The van der Waals surface area contributed by atoms with Gasteiger partial charge >= 0.3 is 11.9 Å². The lowest BCUT2D eigenvalue weighted by Gasteiger charge is -2.14. The van der Waals surface area contributed by atoms with Crippen molar-refractivity contribution in [2.75, 3.05) is 26.6 Å². The summed E-state index contributed by atoms with van der Waals surface area (Å²) in [6.07, 6.45) is 0. The fourth-order valence-electron chi connectivity index (χ4n) is 7.80. The minimum absolute atomic E-state index is 0.0483. The number of phenolic OH excluding ortho intramolecular Hbond substituents is 4. The van der Waals surface area contributed by atoms with Crippen LogP contribution in [0.25, 0.3) is 0 Å². The molecule has 0 saturated heterocycles. The quantitative estimate of drug-likeness (QED) is 0.0239. The summed E-state index contributed by atoms with van der Waals surface area (Å²) in [7, 11) is 0. The van der Waals surface area contributed by atoms with Crippen molar-refractivity contribution in [2.24, 2.45) is 0 Å². The van der Waals surface area contributed by atoms with Gasteiger partial charge in [-0.1, -0.05) is 137 Å². The van der Waals surface area contributed by atoms with E-state index in [2.05, 4.69) is 177 Å². The van der Waals surface area contributed by atoms with Gasteiger partial charge < -0.3 is 56.5 Å². The van der Waals surface area contributed by atoms with Gasteiger partial charge in [-0.3, -0.25) is 28.8 Å². The molecule has 0 aromatic heterocycles. The van der Waals surface area contributed by atoms with Crippen LogP contribution in [-0.4, -0.2) is 61.0 Å². The molecular weight excluding hydrogens is 2090 g/mol. The Morgan fingerprint density at radius 3 is 1.24 bits per heavy atom. The third-order valence-corrected chi connectivity index (χ3v) is 18.7. The molecule has 0 aliphatic heterocycles. The van der Waals surface area contributed by atoms with Crippen LogP contribution in [0.4, 0.5) is 28.4 Å². The van der Waals surface area contributed by atoms with Crippen molar-refractivity contribution in [3.05, 3.63) is 275 Å². The number of anilines is 5. The molecule has 0 radical (unpaired) electrons. The Labute approximate surface area is 677 Å². The summed E-state index contributed by atoms with van der Waals surface area (Å²) in [5.41, 5.74) is 4.46. The molecule has 0 spiro atoms. The predicted molar refractivity (Wildman–Crippen MR) is 438 cm³/mol. The van der Waals surface area contributed by atoms with Gasteiger partial charge in [-0.15, -0.1) is 0 Å². The molecule has 0 saturated carbocycles. The van der Waals surface area contributed by atoms with E-state index in [1.807, 2.05) is 77.2 Å². The Bertz CT molecular complexity index is 4470. The Kier molecular flexibility index (Phi) is 33.1. The van der Waals surface area contributed by atoms with Crippen LogP contribution >= 0.6 is 208 Å². The number of carbonyl (C=O) groups excluding carboxylic acids is 6. The van der Waals surface area contributed by atoms with E-state index in [1.165, 1.54) is 38.1 Å². The second kappa shape index (κ2) is 40.0. The average molecular weight is 2130 g/mol. The molecule has 0 heterocycles. The standard InChI is InChI=1S/C15H10Br2ClNO2S.C15H10ClI2NO3.C13H8Br3NO2.C13H9Br2NO2.C13H10BrNO3/c1-8(20)21-14-12(6-10(18)7-13(14)17)15(22)19-11-4-2-9(16)3-5-11;1-8(20)22-14-12(6-10(17)7-13(14)18)15(21)19-11-4-2-9(16)3-5-11;14-7-1-3-9(4-2-7)17-13(19)10-5-8(15)6-11(16)12(10)18;14-8-1-4-10(5-2-8)16-13(18)11-7-9(15)3-6-12(11)17;14-8-4-6-9(7-5-8)15-13(18)12-10(16)2-1-3-11(12)17/h2-7H,1H3,(H,19,22);2-7H,1H3,(H,19,21);1-6,18H,(H,17,19);1-7,17H,(H,16,18);1-7,16-17H,(H,15,18). The molecule has 0 aliphatic carbocycles. The highest BCUT2D eigenvalue weighted by molar-refractivity contribution is 14.1. The van der Waals surface area contributed by atoms with Gasteiger partial charge in [-0.2, -0.15) is 0 Å². The van der Waals surface area contributed by atoms with Gasteiger partial charge in [0.1, 0.15) is 33.6 Å². The molecule has 10 aromatic rings. The van der Waals surface area contributed by atoms with E-state index >= 15 is 0 Å². The number of ether oxygens (including phenoxy) is 2. The summed E-state index contributed by atoms with van der Waals surface area (Å²) in [6, 6.07) is 54.6. The van der Waals surface area contributed by atoms with Crippen LogP contribution in [0.1, 0.15) is 60.8 Å². The van der Waals surface area contributed by atoms with Gasteiger partial charge in [0, 0.05) is 82.7 Å². The number of phenols is 4. The number of nitrogens with one attached hydrogen (secondary N) is 5. The number of rotatable bonds is 12. The first-order valence-electron chi connectivity index (χ1n) is 27.7. The number of halogens is 12. The molecule has 9 N–H and O–H groups in total. The summed E-state index contributed by atoms with van der Waals surface area (Å²) < 4.78 is 18.2. The van der Waals surface area contributed by atoms with Crippen molar-refractivity contribution >= 4 is 277 Å². The summed E-state index contributed by atoms with van der Waals surface area (Å²) >= 11 is 47.8. The van der Waals surface area contributed by atoms with Gasteiger partial charge in [-0.05, 0) is 265 Å².